The zero-order chi connectivity index (χ0) is 15.1. The van der Waals surface area contributed by atoms with Crippen LogP contribution in [0.25, 0.3) is 21.9 Å². The summed E-state index contributed by atoms with van der Waals surface area (Å²) in [7, 11) is 0.638. The molecule has 0 aliphatic rings. The number of fused-ring (bicyclic) bond motifs is 2. The molecule has 21 heavy (non-hydrogen) atoms. The van der Waals surface area contributed by atoms with Gasteiger partial charge in [-0.1, -0.05) is 0 Å². The third kappa shape index (κ3) is 2.16. The standard InChI is InChI=1S/C15H14BO5/c1-7-4-13(17)21-14-9(3)15-11(5-10(7)14)8(2)12(20-15)6-19-16-18/h4-5,18H,6H2,1-3H3. The molecule has 2 heterocycles. The van der Waals surface area contributed by atoms with Crippen molar-refractivity contribution in [1.29, 1.82) is 0 Å². The van der Waals surface area contributed by atoms with Crippen LogP contribution in [0.1, 0.15) is 22.5 Å². The Morgan fingerprint density at radius 1 is 1.10 bits per heavy atom. The lowest BCUT2D eigenvalue weighted by Gasteiger charge is -2.04. The van der Waals surface area contributed by atoms with Crippen LogP contribution in [0, 0.1) is 20.8 Å². The highest BCUT2D eigenvalue weighted by atomic mass is 16.5. The number of furan rings is 1. The number of aryl methyl sites for hydroxylation is 3. The molecule has 0 atom stereocenters. The van der Waals surface area contributed by atoms with Crippen molar-refractivity contribution >= 4 is 29.6 Å². The molecule has 5 nitrogen and oxygen atoms in total. The second kappa shape index (κ2) is 5.05. The van der Waals surface area contributed by atoms with Crippen LogP contribution >= 0.6 is 0 Å². The van der Waals surface area contributed by atoms with E-state index in [4.69, 9.17) is 18.5 Å². The largest absolute Gasteiger partial charge is 0.485 e. The topological polar surface area (TPSA) is 72.8 Å². The lowest BCUT2D eigenvalue weighted by Crippen LogP contribution is -1.99. The zero-order valence-electron chi connectivity index (χ0n) is 12.0. The van der Waals surface area contributed by atoms with Gasteiger partial charge in [0, 0.05) is 28.0 Å². The normalized spacial score (nSPS) is 11.4. The Bertz CT molecular complexity index is 891. The molecule has 0 aliphatic carbocycles. The molecular weight excluding hydrogens is 271 g/mol. The van der Waals surface area contributed by atoms with E-state index in [9.17, 15) is 4.79 Å². The van der Waals surface area contributed by atoms with Crippen molar-refractivity contribution in [1.82, 2.24) is 0 Å². The second-order valence-electron chi connectivity index (χ2n) is 5.07. The zero-order valence-corrected chi connectivity index (χ0v) is 12.0. The van der Waals surface area contributed by atoms with Crippen molar-refractivity contribution < 1.29 is 18.5 Å². The first-order valence-electron chi connectivity index (χ1n) is 6.56. The van der Waals surface area contributed by atoms with E-state index in [-0.39, 0.29) is 12.2 Å². The van der Waals surface area contributed by atoms with Gasteiger partial charge in [-0.3, -0.25) is 0 Å². The number of benzene rings is 1. The van der Waals surface area contributed by atoms with Gasteiger partial charge in [-0.2, -0.15) is 0 Å². The van der Waals surface area contributed by atoms with Crippen LogP contribution in [0.15, 0.2) is 25.8 Å². The molecule has 0 spiro atoms. The molecule has 0 unspecified atom stereocenters. The molecule has 0 fully saturated rings. The van der Waals surface area contributed by atoms with Gasteiger partial charge < -0.3 is 18.5 Å². The van der Waals surface area contributed by atoms with Crippen molar-refractivity contribution in [2.24, 2.45) is 0 Å². The van der Waals surface area contributed by atoms with Gasteiger partial charge in [0.1, 0.15) is 16.9 Å². The molecule has 6 heteroatoms. The summed E-state index contributed by atoms with van der Waals surface area (Å²) in [4.78, 5) is 11.6. The maximum Gasteiger partial charge on any atom is 0.485 e. The molecule has 0 saturated carbocycles. The lowest BCUT2D eigenvalue weighted by molar-refractivity contribution is 0.247. The molecule has 3 aromatic rings. The minimum absolute atomic E-state index is 0.149. The smallest absolute Gasteiger partial charge is 0.458 e. The Hall–Kier alpha value is -2.05. The van der Waals surface area contributed by atoms with Crippen LogP contribution in [0.5, 0.6) is 0 Å². The van der Waals surface area contributed by atoms with E-state index in [0.29, 0.717) is 24.6 Å². The van der Waals surface area contributed by atoms with E-state index >= 15 is 0 Å². The molecule has 1 N–H and O–H groups in total. The molecular formula is C15H14BO5. The molecule has 2 aromatic heterocycles. The van der Waals surface area contributed by atoms with Gasteiger partial charge in [-0.25, -0.2) is 4.79 Å². The van der Waals surface area contributed by atoms with E-state index < -0.39 is 0 Å². The fourth-order valence-corrected chi connectivity index (χ4v) is 2.60. The minimum atomic E-state index is -0.371. The summed E-state index contributed by atoms with van der Waals surface area (Å²) < 4.78 is 16.0. The van der Waals surface area contributed by atoms with Gasteiger partial charge in [-0.15, -0.1) is 0 Å². The van der Waals surface area contributed by atoms with Crippen molar-refractivity contribution in [2.45, 2.75) is 27.4 Å². The van der Waals surface area contributed by atoms with Crippen molar-refractivity contribution in [3.63, 3.8) is 0 Å². The number of hydrogen-bond donors (Lipinski definition) is 1. The Balaban J connectivity index is 2.36. The van der Waals surface area contributed by atoms with E-state index in [1.807, 2.05) is 26.8 Å². The summed E-state index contributed by atoms with van der Waals surface area (Å²) in [5.41, 5.74) is 3.44. The Labute approximate surface area is 121 Å². The van der Waals surface area contributed by atoms with Crippen LogP contribution in [-0.4, -0.2) is 12.7 Å². The van der Waals surface area contributed by atoms with E-state index in [1.54, 1.807) is 0 Å². The van der Waals surface area contributed by atoms with Crippen molar-refractivity contribution in [2.75, 3.05) is 0 Å². The van der Waals surface area contributed by atoms with E-state index in [2.05, 4.69) is 0 Å². The van der Waals surface area contributed by atoms with Gasteiger partial charge in [0.15, 0.2) is 0 Å². The third-order valence-electron chi connectivity index (χ3n) is 3.76. The van der Waals surface area contributed by atoms with Gasteiger partial charge in [0.05, 0.1) is 6.61 Å². The first-order valence-corrected chi connectivity index (χ1v) is 6.56. The maximum absolute atomic E-state index is 11.6. The predicted molar refractivity (Wildman–Crippen MR) is 79.2 cm³/mol. The van der Waals surface area contributed by atoms with E-state index in [0.717, 1.165) is 27.5 Å². The highest BCUT2D eigenvalue weighted by molar-refractivity contribution is 6.15. The molecule has 0 aliphatic heterocycles. The van der Waals surface area contributed by atoms with Crippen LogP contribution in [0.2, 0.25) is 0 Å². The quantitative estimate of drug-likeness (QED) is 0.591. The van der Waals surface area contributed by atoms with Crippen LogP contribution in [0.3, 0.4) is 0 Å². The van der Waals surface area contributed by atoms with Crippen molar-refractivity contribution in [3.8, 4) is 0 Å². The Morgan fingerprint density at radius 2 is 1.81 bits per heavy atom. The molecule has 3 rings (SSSR count). The lowest BCUT2D eigenvalue weighted by atomic mass is 10.0. The van der Waals surface area contributed by atoms with Gasteiger partial charge in [0.25, 0.3) is 0 Å². The second-order valence-corrected chi connectivity index (χ2v) is 5.07. The molecule has 0 bridgehead atoms. The van der Waals surface area contributed by atoms with Gasteiger partial charge in [-0.05, 0) is 32.4 Å². The van der Waals surface area contributed by atoms with Crippen LogP contribution in [-0.2, 0) is 11.3 Å². The minimum Gasteiger partial charge on any atom is -0.458 e. The molecule has 107 valence electrons. The summed E-state index contributed by atoms with van der Waals surface area (Å²) in [6.07, 6.45) is 0. The average Bonchev–Trinajstić information content (AvgIpc) is 2.76. The summed E-state index contributed by atoms with van der Waals surface area (Å²) in [6.45, 7) is 5.82. The Kier molecular flexibility index (Phi) is 3.35. The monoisotopic (exact) mass is 285 g/mol. The van der Waals surface area contributed by atoms with Gasteiger partial charge in [0.2, 0.25) is 0 Å². The first kappa shape index (κ1) is 13.9. The van der Waals surface area contributed by atoms with Gasteiger partial charge >= 0.3 is 13.3 Å². The Morgan fingerprint density at radius 3 is 2.52 bits per heavy atom. The van der Waals surface area contributed by atoms with Crippen LogP contribution < -0.4 is 5.63 Å². The summed E-state index contributed by atoms with van der Waals surface area (Å²) >= 11 is 0. The SMILES string of the molecule is Cc1cc(=O)oc2c(C)c3oc(CO[B]O)c(C)c3cc12. The average molecular weight is 285 g/mol. The fraction of sp³-hybridized carbons (Fsp3) is 0.267. The number of hydrogen-bond acceptors (Lipinski definition) is 5. The summed E-state index contributed by atoms with van der Waals surface area (Å²) in [5.74, 6) is 0.633. The highest BCUT2D eigenvalue weighted by Crippen LogP contribution is 2.34. The summed E-state index contributed by atoms with van der Waals surface area (Å²) in [6, 6.07) is 3.44. The molecule has 0 saturated heterocycles. The van der Waals surface area contributed by atoms with Crippen molar-refractivity contribution in [3.05, 3.63) is 45.0 Å². The molecule has 0 amide bonds. The molecule has 1 aromatic carbocycles. The van der Waals surface area contributed by atoms with Crippen LogP contribution in [0.4, 0.5) is 0 Å². The third-order valence-corrected chi connectivity index (χ3v) is 3.76. The summed E-state index contributed by atoms with van der Waals surface area (Å²) in [5, 5.41) is 10.5. The number of rotatable bonds is 3. The van der Waals surface area contributed by atoms with E-state index in [1.165, 1.54) is 6.07 Å². The predicted octanol–water partition coefficient (Wildman–Crippen LogP) is 2.51. The highest BCUT2D eigenvalue weighted by Gasteiger charge is 2.17. The molecule has 1 radical (unpaired) electrons. The maximum atomic E-state index is 11.6. The first-order chi connectivity index (χ1) is 10.0. The fourth-order valence-electron chi connectivity index (χ4n) is 2.60.